The van der Waals surface area contributed by atoms with Crippen LogP contribution >= 0.6 is 11.6 Å². The Hall–Kier alpha value is -2.21. The highest BCUT2D eigenvalue weighted by Crippen LogP contribution is 2.25. The Balaban J connectivity index is 2.25. The van der Waals surface area contributed by atoms with Gasteiger partial charge in [0.1, 0.15) is 17.3 Å². The molecular formula is C13H9ClF2N2O2. The number of nitro groups is 1. The zero-order chi connectivity index (χ0) is 14.7. The predicted octanol–water partition coefficient (Wildman–Crippen LogP) is 4.14. The van der Waals surface area contributed by atoms with Gasteiger partial charge in [-0.15, -0.1) is 0 Å². The summed E-state index contributed by atoms with van der Waals surface area (Å²) in [6, 6.07) is 7.54. The van der Waals surface area contributed by atoms with Crippen LogP contribution in [0.25, 0.3) is 0 Å². The van der Waals surface area contributed by atoms with Crippen LogP contribution in [0.2, 0.25) is 5.02 Å². The molecule has 0 saturated heterocycles. The van der Waals surface area contributed by atoms with E-state index in [1.807, 2.05) is 0 Å². The number of nitro benzene ring substituents is 1. The summed E-state index contributed by atoms with van der Waals surface area (Å²) < 4.78 is 26.8. The fourth-order valence-corrected chi connectivity index (χ4v) is 1.87. The maximum atomic E-state index is 13.4. The number of benzene rings is 2. The molecule has 7 heteroatoms. The van der Waals surface area contributed by atoms with Gasteiger partial charge in [-0.05, 0) is 24.3 Å². The lowest BCUT2D eigenvalue weighted by Gasteiger charge is -2.09. The van der Waals surface area contributed by atoms with Crippen molar-refractivity contribution in [1.29, 1.82) is 0 Å². The number of nitrogens with one attached hydrogen (secondary N) is 1. The molecule has 0 saturated carbocycles. The van der Waals surface area contributed by atoms with Gasteiger partial charge in [-0.2, -0.15) is 0 Å². The number of nitrogens with zero attached hydrogens (tertiary/aromatic N) is 1. The minimum atomic E-state index is -0.762. The van der Waals surface area contributed by atoms with Crippen molar-refractivity contribution < 1.29 is 13.7 Å². The first-order valence-electron chi connectivity index (χ1n) is 5.59. The van der Waals surface area contributed by atoms with E-state index in [2.05, 4.69) is 5.32 Å². The van der Waals surface area contributed by atoms with Crippen LogP contribution in [0.1, 0.15) is 5.56 Å². The molecule has 0 fully saturated rings. The number of hydrogen-bond donors (Lipinski definition) is 1. The second-order valence-corrected chi connectivity index (χ2v) is 4.42. The van der Waals surface area contributed by atoms with E-state index in [9.17, 15) is 18.9 Å². The highest BCUT2D eigenvalue weighted by Gasteiger charge is 2.15. The van der Waals surface area contributed by atoms with Crippen LogP contribution in [0.5, 0.6) is 0 Å². The number of rotatable bonds is 4. The third-order valence-electron chi connectivity index (χ3n) is 2.66. The zero-order valence-corrected chi connectivity index (χ0v) is 10.8. The summed E-state index contributed by atoms with van der Waals surface area (Å²) in [6.07, 6.45) is 0. The molecule has 2 aromatic carbocycles. The molecule has 0 atom stereocenters. The Morgan fingerprint density at radius 1 is 1.20 bits per heavy atom. The summed E-state index contributed by atoms with van der Waals surface area (Å²) in [6.45, 7) is -0.0919. The molecule has 1 N–H and O–H groups in total. The van der Waals surface area contributed by atoms with E-state index in [0.717, 1.165) is 12.1 Å². The van der Waals surface area contributed by atoms with Gasteiger partial charge in [-0.3, -0.25) is 10.1 Å². The van der Waals surface area contributed by atoms with E-state index in [4.69, 9.17) is 11.6 Å². The monoisotopic (exact) mass is 298 g/mol. The second kappa shape index (κ2) is 5.83. The highest BCUT2D eigenvalue weighted by molar-refractivity contribution is 6.30. The summed E-state index contributed by atoms with van der Waals surface area (Å²) >= 11 is 5.68. The fourth-order valence-electron chi connectivity index (χ4n) is 1.71. The van der Waals surface area contributed by atoms with E-state index >= 15 is 0 Å². The first-order chi connectivity index (χ1) is 9.49. The molecule has 0 bridgehead atoms. The van der Waals surface area contributed by atoms with Crippen LogP contribution in [0.4, 0.5) is 20.2 Å². The van der Waals surface area contributed by atoms with Crippen LogP contribution in [-0.4, -0.2) is 4.92 Å². The summed E-state index contributed by atoms with van der Waals surface area (Å²) in [5, 5.41) is 13.6. The van der Waals surface area contributed by atoms with Gasteiger partial charge >= 0.3 is 0 Å². The van der Waals surface area contributed by atoms with E-state index in [0.29, 0.717) is 0 Å². The fraction of sp³-hybridized carbons (Fsp3) is 0.0769. The predicted molar refractivity (Wildman–Crippen MR) is 71.8 cm³/mol. The largest absolute Gasteiger partial charge is 0.376 e. The second-order valence-electron chi connectivity index (χ2n) is 3.98. The number of para-hydroxylation sites is 1. The van der Waals surface area contributed by atoms with E-state index in [-0.39, 0.29) is 28.5 Å². The molecule has 0 aromatic heterocycles. The summed E-state index contributed by atoms with van der Waals surface area (Å²) in [5.74, 6) is -1.52. The Morgan fingerprint density at radius 3 is 2.45 bits per heavy atom. The third kappa shape index (κ3) is 3.03. The van der Waals surface area contributed by atoms with Gasteiger partial charge < -0.3 is 5.32 Å². The normalized spacial score (nSPS) is 10.3. The quantitative estimate of drug-likeness (QED) is 0.682. The van der Waals surface area contributed by atoms with Gasteiger partial charge in [-0.25, -0.2) is 8.78 Å². The molecule has 2 rings (SSSR count). The van der Waals surface area contributed by atoms with Crippen LogP contribution < -0.4 is 5.32 Å². The molecule has 104 valence electrons. The van der Waals surface area contributed by atoms with Crippen LogP contribution in [0.15, 0.2) is 36.4 Å². The lowest BCUT2D eigenvalue weighted by molar-refractivity contribution is -0.385. The standard InChI is InChI=1S/C13H9ClF2N2O2/c14-9-5-4-8(12(6-9)18(19)20)7-17-13-10(15)2-1-3-11(13)16/h1-6,17H,7H2. The first-order valence-corrected chi connectivity index (χ1v) is 5.97. The molecule has 0 amide bonds. The number of hydrogen-bond acceptors (Lipinski definition) is 3. The van der Waals surface area contributed by atoms with E-state index in [1.165, 1.54) is 24.3 Å². The van der Waals surface area contributed by atoms with Crippen molar-refractivity contribution in [3.05, 3.63) is 68.7 Å². The Morgan fingerprint density at radius 2 is 1.85 bits per heavy atom. The molecule has 0 aliphatic carbocycles. The summed E-state index contributed by atoms with van der Waals surface area (Å²) in [4.78, 5) is 10.3. The minimum absolute atomic E-state index is 0.0919. The van der Waals surface area contributed by atoms with Crippen molar-refractivity contribution in [2.45, 2.75) is 6.54 Å². The number of halogens is 3. The van der Waals surface area contributed by atoms with Crippen molar-refractivity contribution in [2.75, 3.05) is 5.32 Å². The molecule has 0 aliphatic rings. The number of anilines is 1. The SMILES string of the molecule is O=[N+]([O-])c1cc(Cl)ccc1CNc1c(F)cccc1F. The van der Waals surface area contributed by atoms with E-state index < -0.39 is 16.6 Å². The highest BCUT2D eigenvalue weighted by atomic mass is 35.5. The summed E-state index contributed by atoms with van der Waals surface area (Å²) in [5.41, 5.74) is -0.249. The van der Waals surface area contributed by atoms with Gasteiger partial charge in [0.15, 0.2) is 0 Å². The van der Waals surface area contributed by atoms with Gasteiger partial charge in [0.05, 0.1) is 4.92 Å². The first kappa shape index (κ1) is 14.2. The Bertz CT molecular complexity index is 645. The average Bonchev–Trinajstić information content (AvgIpc) is 2.39. The molecule has 0 aliphatic heterocycles. The van der Waals surface area contributed by atoms with E-state index in [1.54, 1.807) is 0 Å². The summed E-state index contributed by atoms with van der Waals surface area (Å²) in [7, 11) is 0. The third-order valence-corrected chi connectivity index (χ3v) is 2.90. The molecule has 20 heavy (non-hydrogen) atoms. The molecule has 2 aromatic rings. The van der Waals surface area contributed by atoms with Crippen molar-refractivity contribution in [3.63, 3.8) is 0 Å². The molecule has 0 unspecified atom stereocenters. The van der Waals surface area contributed by atoms with Crippen LogP contribution in [0.3, 0.4) is 0 Å². The lowest BCUT2D eigenvalue weighted by Crippen LogP contribution is -2.06. The topological polar surface area (TPSA) is 55.2 Å². The molecule has 4 nitrogen and oxygen atoms in total. The van der Waals surface area contributed by atoms with Gasteiger partial charge in [0, 0.05) is 23.2 Å². The molecule has 0 heterocycles. The van der Waals surface area contributed by atoms with Crippen LogP contribution in [0, 0.1) is 21.7 Å². The molecular weight excluding hydrogens is 290 g/mol. The Labute approximate surface area is 118 Å². The average molecular weight is 299 g/mol. The van der Waals surface area contributed by atoms with Crippen molar-refractivity contribution in [3.8, 4) is 0 Å². The van der Waals surface area contributed by atoms with Crippen molar-refractivity contribution in [1.82, 2.24) is 0 Å². The molecule has 0 radical (unpaired) electrons. The van der Waals surface area contributed by atoms with Crippen molar-refractivity contribution in [2.24, 2.45) is 0 Å². The lowest BCUT2D eigenvalue weighted by atomic mass is 10.1. The smallest absolute Gasteiger partial charge is 0.275 e. The minimum Gasteiger partial charge on any atom is -0.376 e. The zero-order valence-electron chi connectivity index (χ0n) is 10.1. The van der Waals surface area contributed by atoms with Crippen LogP contribution in [-0.2, 0) is 6.54 Å². The molecule has 0 spiro atoms. The maximum absolute atomic E-state index is 13.4. The maximum Gasteiger partial charge on any atom is 0.275 e. The van der Waals surface area contributed by atoms with Crippen molar-refractivity contribution >= 4 is 23.0 Å². The van der Waals surface area contributed by atoms with Gasteiger partial charge in [-0.1, -0.05) is 17.7 Å². The van der Waals surface area contributed by atoms with Gasteiger partial charge in [0.25, 0.3) is 5.69 Å². The Kier molecular flexibility index (Phi) is 4.14. The van der Waals surface area contributed by atoms with Gasteiger partial charge in [0.2, 0.25) is 0 Å².